The summed E-state index contributed by atoms with van der Waals surface area (Å²) in [4.78, 5) is 30.8. The molecule has 0 spiro atoms. The third kappa shape index (κ3) is 4.12. The summed E-state index contributed by atoms with van der Waals surface area (Å²) in [6.07, 6.45) is 1.38. The van der Waals surface area contributed by atoms with Crippen LogP contribution in [0.25, 0.3) is 21.3 Å². The van der Waals surface area contributed by atoms with Gasteiger partial charge in [-0.2, -0.15) is 0 Å². The first-order valence-corrected chi connectivity index (χ1v) is 10.5. The summed E-state index contributed by atoms with van der Waals surface area (Å²) in [6.45, 7) is -0.210. The van der Waals surface area contributed by atoms with E-state index in [1.165, 1.54) is 42.5 Å². The molecule has 0 radical (unpaired) electrons. The Hall–Kier alpha value is -3.36. The van der Waals surface area contributed by atoms with E-state index in [9.17, 15) is 9.59 Å². The molecule has 4 aromatic rings. The normalized spacial score (nSPS) is 10.8. The van der Waals surface area contributed by atoms with Crippen molar-refractivity contribution >= 4 is 44.7 Å². The highest BCUT2D eigenvalue weighted by molar-refractivity contribution is 7.17. The minimum atomic E-state index is -0.417. The lowest BCUT2D eigenvalue weighted by atomic mass is 10.1. The van der Waals surface area contributed by atoms with Gasteiger partial charge in [0.25, 0.3) is 5.56 Å². The van der Waals surface area contributed by atoms with Crippen LogP contribution in [-0.4, -0.2) is 29.7 Å². The molecule has 4 rings (SSSR count). The van der Waals surface area contributed by atoms with Gasteiger partial charge in [0, 0.05) is 17.0 Å². The fourth-order valence-corrected chi connectivity index (χ4v) is 4.36. The zero-order chi connectivity index (χ0) is 22.0. The first-order chi connectivity index (χ1) is 15.0. The molecule has 2 heterocycles. The molecular formula is C22H18ClN3O4S. The Morgan fingerprint density at radius 3 is 2.61 bits per heavy atom. The van der Waals surface area contributed by atoms with Crippen LogP contribution < -0.4 is 20.3 Å². The van der Waals surface area contributed by atoms with Crippen LogP contribution in [0, 0.1) is 0 Å². The molecule has 1 N–H and O–H groups in total. The van der Waals surface area contributed by atoms with E-state index in [0.717, 1.165) is 11.1 Å². The number of halogens is 1. The van der Waals surface area contributed by atoms with Crippen LogP contribution >= 0.6 is 22.9 Å². The highest BCUT2D eigenvalue weighted by Crippen LogP contribution is 2.36. The lowest BCUT2D eigenvalue weighted by molar-refractivity contribution is -0.116. The van der Waals surface area contributed by atoms with Gasteiger partial charge in [-0.05, 0) is 11.6 Å². The summed E-state index contributed by atoms with van der Waals surface area (Å²) in [6, 6.07) is 12.7. The van der Waals surface area contributed by atoms with Gasteiger partial charge in [-0.3, -0.25) is 14.2 Å². The van der Waals surface area contributed by atoms with Gasteiger partial charge in [-0.25, -0.2) is 4.98 Å². The lowest BCUT2D eigenvalue weighted by Crippen LogP contribution is -2.28. The molecule has 0 saturated carbocycles. The van der Waals surface area contributed by atoms with Crippen molar-refractivity contribution in [1.29, 1.82) is 0 Å². The van der Waals surface area contributed by atoms with Gasteiger partial charge in [-0.1, -0.05) is 41.9 Å². The second kappa shape index (κ2) is 8.79. The first kappa shape index (κ1) is 20.9. The van der Waals surface area contributed by atoms with Crippen LogP contribution in [0.5, 0.6) is 11.5 Å². The highest BCUT2D eigenvalue weighted by Gasteiger charge is 2.16. The Balaban J connectivity index is 1.64. The van der Waals surface area contributed by atoms with Crippen LogP contribution in [-0.2, 0) is 11.3 Å². The second-order valence-electron chi connectivity index (χ2n) is 6.61. The number of benzene rings is 2. The molecule has 0 unspecified atom stereocenters. The molecule has 0 bridgehead atoms. The largest absolute Gasteiger partial charge is 0.495 e. The molecule has 31 heavy (non-hydrogen) atoms. The average molecular weight is 456 g/mol. The van der Waals surface area contributed by atoms with Crippen molar-refractivity contribution in [2.75, 3.05) is 19.5 Å². The molecule has 0 atom stereocenters. The van der Waals surface area contributed by atoms with Crippen LogP contribution in [0.4, 0.5) is 5.69 Å². The monoisotopic (exact) mass is 455 g/mol. The molecule has 2 aromatic heterocycles. The Morgan fingerprint density at radius 2 is 1.90 bits per heavy atom. The highest BCUT2D eigenvalue weighted by atomic mass is 35.5. The Kier molecular flexibility index (Phi) is 5.92. The van der Waals surface area contributed by atoms with Crippen LogP contribution in [0.3, 0.4) is 0 Å². The van der Waals surface area contributed by atoms with Crippen molar-refractivity contribution in [1.82, 2.24) is 9.55 Å². The van der Waals surface area contributed by atoms with Crippen LogP contribution in [0.1, 0.15) is 0 Å². The predicted molar refractivity (Wildman–Crippen MR) is 123 cm³/mol. The third-order valence-corrected chi connectivity index (χ3v) is 5.89. The summed E-state index contributed by atoms with van der Waals surface area (Å²) >= 11 is 7.56. The smallest absolute Gasteiger partial charge is 0.263 e. The minimum Gasteiger partial charge on any atom is -0.495 e. The molecule has 2 aromatic carbocycles. The summed E-state index contributed by atoms with van der Waals surface area (Å²) in [5.41, 5.74) is 1.82. The number of nitrogens with zero attached hydrogens (tertiary/aromatic N) is 2. The van der Waals surface area contributed by atoms with Gasteiger partial charge >= 0.3 is 0 Å². The molecule has 0 aliphatic heterocycles. The number of hydrogen-bond acceptors (Lipinski definition) is 6. The van der Waals surface area contributed by atoms with Crippen molar-refractivity contribution < 1.29 is 14.3 Å². The molecule has 0 saturated heterocycles. The zero-order valence-corrected chi connectivity index (χ0v) is 18.3. The third-order valence-electron chi connectivity index (χ3n) is 4.71. The predicted octanol–water partition coefficient (Wildman–Crippen LogP) is 4.43. The molecule has 9 heteroatoms. The number of carbonyl (C=O) groups is 1. The summed E-state index contributed by atoms with van der Waals surface area (Å²) in [7, 11) is 2.96. The van der Waals surface area contributed by atoms with Gasteiger partial charge in [0.1, 0.15) is 22.9 Å². The van der Waals surface area contributed by atoms with Gasteiger partial charge in [0.05, 0.1) is 36.6 Å². The number of aromatic nitrogens is 2. The second-order valence-corrected chi connectivity index (χ2v) is 7.87. The van der Waals surface area contributed by atoms with Gasteiger partial charge in [0.15, 0.2) is 0 Å². The summed E-state index contributed by atoms with van der Waals surface area (Å²) in [5, 5.41) is 5.45. The number of carbonyl (C=O) groups excluding carboxylic acids is 1. The maximum Gasteiger partial charge on any atom is 0.263 e. The van der Waals surface area contributed by atoms with E-state index < -0.39 is 5.91 Å². The van der Waals surface area contributed by atoms with E-state index in [-0.39, 0.29) is 12.1 Å². The SMILES string of the molecule is COc1cc(OC)c(NC(=O)Cn2cnc3scc(-c4ccccc4)c3c2=O)cc1Cl. The number of anilines is 1. The van der Waals surface area contributed by atoms with Gasteiger partial charge in [0.2, 0.25) is 5.91 Å². The van der Waals surface area contributed by atoms with Crippen molar-refractivity contribution in [2.24, 2.45) is 0 Å². The van der Waals surface area contributed by atoms with Crippen molar-refractivity contribution in [3.63, 3.8) is 0 Å². The van der Waals surface area contributed by atoms with E-state index in [4.69, 9.17) is 21.1 Å². The van der Waals surface area contributed by atoms with Crippen molar-refractivity contribution in [3.05, 3.63) is 69.5 Å². The maximum absolute atomic E-state index is 13.1. The minimum absolute atomic E-state index is 0.210. The molecule has 0 fully saturated rings. The number of methoxy groups -OCH3 is 2. The number of fused-ring (bicyclic) bond motifs is 1. The standard InChI is InChI=1S/C22H18ClN3O4S/c1-29-17-9-18(30-2)16(8-15(17)23)25-19(27)10-26-12-24-21-20(22(26)28)14(11-31-21)13-6-4-3-5-7-13/h3-9,11-12H,10H2,1-2H3,(H,25,27). The zero-order valence-electron chi connectivity index (χ0n) is 16.7. The van der Waals surface area contributed by atoms with Gasteiger partial charge in [-0.15, -0.1) is 11.3 Å². The first-order valence-electron chi connectivity index (χ1n) is 9.25. The maximum atomic E-state index is 13.1. The molecule has 0 aliphatic carbocycles. The number of amides is 1. The molecule has 158 valence electrons. The van der Waals surface area contributed by atoms with E-state index in [1.807, 2.05) is 35.7 Å². The van der Waals surface area contributed by atoms with E-state index in [0.29, 0.717) is 32.4 Å². The molecule has 0 aliphatic rings. The summed E-state index contributed by atoms with van der Waals surface area (Å²) < 4.78 is 11.7. The van der Waals surface area contributed by atoms with Crippen LogP contribution in [0.15, 0.2) is 59.0 Å². The van der Waals surface area contributed by atoms with Crippen molar-refractivity contribution in [3.8, 4) is 22.6 Å². The van der Waals surface area contributed by atoms with Crippen molar-refractivity contribution in [2.45, 2.75) is 6.54 Å². The van der Waals surface area contributed by atoms with E-state index in [2.05, 4.69) is 10.3 Å². The Labute approximate surface area is 186 Å². The van der Waals surface area contributed by atoms with E-state index in [1.54, 1.807) is 6.07 Å². The quantitative estimate of drug-likeness (QED) is 0.465. The van der Waals surface area contributed by atoms with Gasteiger partial charge < -0.3 is 14.8 Å². The molecule has 1 amide bonds. The Bertz CT molecular complexity index is 1320. The number of nitrogens with one attached hydrogen (secondary N) is 1. The van der Waals surface area contributed by atoms with Crippen LogP contribution in [0.2, 0.25) is 5.02 Å². The number of thiophene rings is 1. The molecule has 7 nitrogen and oxygen atoms in total. The average Bonchev–Trinajstić information content (AvgIpc) is 3.21. The number of rotatable bonds is 6. The Morgan fingerprint density at radius 1 is 1.16 bits per heavy atom. The fourth-order valence-electron chi connectivity index (χ4n) is 3.21. The van der Waals surface area contributed by atoms with E-state index >= 15 is 0 Å². The lowest BCUT2D eigenvalue weighted by Gasteiger charge is -2.13. The summed E-state index contributed by atoms with van der Waals surface area (Å²) in [5.74, 6) is 0.396. The topological polar surface area (TPSA) is 82.4 Å². The number of hydrogen-bond donors (Lipinski definition) is 1. The number of ether oxygens (including phenoxy) is 2. The molecular weight excluding hydrogens is 438 g/mol. The fraction of sp³-hybridized carbons (Fsp3) is 0.136.